The summed E-state index contributed by atoms with van der Waals surface area (Å²) < 4.78 is 0. The molecule has 0 heterocycles. The molecule has 0 fully saturated rings. The highest BCUT2D eigenvalue weighted by Gasteiger charge is 2.01. The van der Waals surface area contributed by atoms with Crippen LogP contribution in [-0.4, -0.2) is 11.7 Å². The number of aliphatic hydroxyl groups is 1. The topological polar surface area (TPSA) is 20.2 Å². The largest absolute Gasteiger partial charge is 0.396 e. The molecule has 0 aliphatic carbocycles. The summed E-state index contributed by atoms with van der Waals surface area (Å²) in [5.74, 6) is 0.630. The van der Waals surface area contributed by atoms with Crippen LogP contribution in [-0.2, 0) is 0 Å². The molecule has 0 radical (unpaired) electrons. The summed E-state index contributed by atoms with van der Waals surface area (Å²) in [5.41, 5.74) is 2.75. The summed E-state index contributed by atoms with van der Waals surface area (Å²) in [4.78, 5) is 0. The molecule has 1 heteroatoms. The highest BCUT2D eigenvalue weighted by atomic mass is 16.2. The predicted molar refractivity (Wildman–Crippen MR) is 67.9 cm³/mol. The monoisotopic (exact) mass is 210 g/mol. The molecular formula is C14H26O. The number of hydrogen-bond donors (Lipinski definition) is 1. The third-order valence-electron chi connectivity index (χ3n) is 2.92. The highest BCUT2D eigenvalue weighted by molar-refractivity contribution is 5.01. The molecule has 0 aromatic heterocycles. The molecule has 0 saturated heterocycles. The minimum absolute atomic E-state index is 0.319. The normalized spacial score (nSPS) is 14.0. The predicted octanol–water partition coefficient (Wildman–Crippen LogP) is 4.09. The maximum absolute atomic E-state index is 8.64. The van der Waals surface area contributed by atoms with Gasteiger partial charge in [-0.15, -0.1) is 0 Å². The van der Waals surface area contributed by atoms with E-state index in [9.17, 15) is 0 Å². The summed E-state index contributed by atoms with van der Waals surface area (Å²) in [6.07, 6.45) is 7.81. The lowest BCUT2D eigenvalue weighted by Crippen LogP contribution is -1.95. The molecule has 0 amide bonds. The second-order valence-electron chi connectivity index (χ2n) is 4.56. The first-order valence-corrected chi connectivity index (χ1v) is 5.99. The van der Waals surface area contributed by atoms with Gasteiger partial charge in [0.25, 0.3) is 0 Å². The molecule has 0 spiro atoms. The SMILES string of the molecule is C=C(C)C(C)CC/C(C)=C/CCCCO. The van der Waals surface area contributed by atoms with Crippen LogP contribution < -0.4 is 0 Å². The second kappa shape index (κ2) is 8.72. The van der Waals surface area contributed by atoms with Crippen molar-refractivity contribution in [2.45, 2.75) is 52.9 Å². The van der Waals surface area contributed by atoms with Crippen molar-refractivity contribution in [2.75, 3.05) is 6.61 Å². The smallest absolute Gasteiger partial charge is 0.0431 e. The Morgan fingerprint density at radius 2 is 2.00 bits per heavy atom. The lowest BCUT2D eigenvalue weighted by Gasteiger charge is -2.10. The number of unbranched alkanes of at least 4 members (excludes halogenated alkanes) is 2. The molecule has 0 rings (SSSR count). The van der Waals surface area contributed by atoms with Crippen molar-refractivity contribution in [2.24, 2.45) is 5.92 Å². The van der Waals surface area contributed by atoms with E-state index in [1.165, 1.54) is 24.0 Å². The summed E-state index contributed by atoms with van der Waals surface area (Å²) in [6.45, 7) is 10.8. The van der Waals surface area contributed by atoms with Gasteiger partial charge in [0.2, 0.25) is 0 Å². The van der Waals surface area contributed by atoms with Gasteiger partial charge in [-0.3, -0.25) is 0 Å². The number of hydrogen-bond acceptors (Lipinski definition) is 1. The molecule has 1 N–H and O–H groups in total. The van der Waals surface area contributed by atoms with E-state index in [4.69, 9.17) is 5.11 Å². The summed E-state index contributed by atoms with van der Waals surface area (Å²) in [6, 6.07) is 0. The summed E-state index contributed by atoms with van der Waals surface area (Å²) >= 11 is 0. The van der Waals surface area contributed by atoms with E-state index in [0.29, 0.717) is 12.5 Å². The van der Waals surface area contributed by atoms with Gasteiger partial charge in [0.1, 0.15) is 0 Å². The maximum Gasteiger partial charge on any atom is 0.0431 e. The number of allylic oxidation sites excluding steroid dienone is 3. The first kappa shape index (κ1) is 14.4. The van der Waals surface area contributed by atoms with Gasteiger partial charge in [0, 0.05) is 6.61 Å². The van der Waals surface area contributed by atoms with Gasteiger partial charge in [-0.25, -0.2) is 0 Å². The van der Waals surface area contributed by atoms with Crippen molar-refractivity contribution in [3.8, 4) is 0 Å². The van der Waals surface area contributed by atoms with E-state index >= 15 is 0 Å². The molecule has 15 heavy (non-hydrogen) atoms. The van der Waals surface area contributed by atoms with Crippen molar-refractivity contribution in [3.05, 3.63) is 23.8 Å². The third kappa shape index (κ3) is 8.44. The average molecular weight is 210 g/mol. The average Bonchev–Trinajstić information content (AvgIpc) is 2.20. The van der Waals surface area contributed by atoms with Gasteiger partial charge in [-0.1, -0.05) is 30.7 Å². The van der Waals surface area contributed by atoms with Crippen LogP contribution in [0.4, 0.5) is 0 Å². The molecule has 0 aliphatic heterocycles. The molecule has 1 unspecified atom stereocenters. The van der Waals surface area contributed by atoms with E-state index in [1.807, 2.05) is 0 Å². The van der Waals surface area contributed by atoms with Crippen LogP contribution in [0, 0.1) is 5.92 Å². The van der Waals surface area contributed by atoms with Gasteiger partial charge >= 0.3 is 0 Å². The minimum Gasteiger partial charge on any atom is -0.396 e. The quantitative estimate of drug-likeness (QED) is 0.472. The van der Waals surface area contributed by atoms with Crippen LogP contribution in [0.3, 0.4) is 0 Å². The van der Waals surface area contributed by atoms with Crippen LogP contribution in [0.5, 0.6) is 0 Å². The van der Waals surface area contributed by atoms with Gasteiger partial charge in [-0.2, -0.15) is 0 Å². The summed E-state index contributed by atoms with van der Waals surface area (Å²) in [7, 11) is 0. The van der Waals surface area contributed by atoms with Gasteiger partial charge < -0.3 is 5.11 Å². The Morgan fingerprint density at radius 3 is 2.53 bits per heavy atom. The Kier molecular flexibility index (Phi) is 8.40. The maximum atomic E-state index is 8.64. The molecular weight excluding hydrogens is 184 g/mol. The zero-order valence-corrected chi connectivity index (χ0v) is 10.6. The van der Waals surface area contributed by atoms with Crippen molar-refractivity contribution >= 4 is 0 Å². The third-order valence-corrected chi connectivity index (χ3v) is 2.92. The minimum atomic E-state index is 0.319. The molecule has 0 saturated carbocycles. The fourth-order valence-corrected chi connectivity index (χ4v) is 1.40. The molecule has 1 nitrogen and oxygen atoms in total. The van der Waals surface area contributed by atoms with Crippen LogP contribution >= 0.6 is 0 Å². The van der Waals surface area contributed by atoms with E-state index < -0.39 is 0 Å². The van der Waals surface area contributed by atoms with Gasteiger partial charge in [0.05, 0.1) is 0 Å². The van der Waals surface area contributed by atoms with Crippen molar-refractivity contribution in [1.82, 2.24) is 0 Å². The van der Waals surface area contributed by atoms with Crippen molar-refractivity contribution in [3.63, 3.8) is 0 Å². The lowest BCUT2D eigenvalue weighted by atomic mass is 9.96. The Bertz CT molecular complexity index is 203. The second-order valence-corrected chi connectivity index (χ2v) is 4.56. The zero-order chi connectivity index (χ0) is 11.7. The van der Waals surface area contributed by atoms with Crippen LogP contribution in [0.25, 0.3) is 0 Å². The molecule has 88 valence electrons. The highest BCUT2D eigenvalue weighted by Crippen LogP contribution is 2.17. The van der Waals surface area contributed by atoms with Gasteiger partial charge in [-0.05, 0) is 51.9 Å². The Hall–Kier alpha value is -0.560. The van der Waals surface area contributed by atoms with E-state index in [0.717, 1.165) is 19.3 Å². The molecule has 0 aromatic rings. The molecule has 0 aliphatic rings. The Labute approximate surface area is 94.9 Å². The number of aliphatic hydroxyl groups excluding tert-OH is 1. The fraction of sp³-hybridized carbons (Fsp3) is 0.714. The molecule has 0 aromatic carbocycles. The first-order valence-electron chi connectivity index (χ1n) is 5.99. The van der Waals surface area contributed by atoms with Gasteiger partial charge in [0.15, 0.2) is 0 Å². The standard InChI is InChI=1S/C14H26O/c1-12(2)14(4)10-9-13(3)8-6-5-7-11-15/h8,14-15H,1,5-7,9-11H2,2-4H3/b13-8+. The van der Waals surface area contributed by atoms with E-state index in [-0.39, 0.29) is 0 Å². The van der Waals surface area contributed by atoms with Crippen molar-refractivity contribution < 1.29 is 5.11 Å². The first-order chi connectivity index (χ1) is 7.07. The van der Waals surface area contributed by atoms with Crippen molar-refractivity contribution in [1.29, 1.82) is 0 Å². The fourth-order valence-electron chi connectivity index (χ4n) is 1.40. The van der Waals surface area contributed by atoms with E-state index in [2.05, 4.69) is 33.4 Å². The Balaban J connectivity index is 3.63. The lowest BCUT2D eigenvalue weighted by molar-refractivity contribution is 0.285. The Morgan fingerprint density at radius 1 is 1.33 bits per heavy atom. The van der Waals surface area contributed by atoms with Crippen LogP contribution in [0.1, 0.15) is 52.9 Å². The molecule has 0 bridgehead atoms. The van der Waals surface area contributed by atoms with Crippen LogP contribution in [0.2, 0.25) is 0 Å². The summed E-state index contributed by atoms with van der Waals surface area (Å²) in [5, 5.41) is 8.64. The molecule has 1 atom stereocenters. The van der Waals surface area contributed by atoms with E-state index in [1.54, 1.807) is 0 Å². The number of rotatable bonds is 8. The zero-order valence-electron chi connectivity index (χ0n) is 10.6. The van der Waals surface area contributed by atoms with Crippen LogP contribution in [0.15, 0.2) is 23.8 Å².